The molecule has 26 heavy (non-hydrogen) atoms. The van der Waals surface area contributed by atoms with Crippen LogP contribution in [0.5, 0.6) is 0 Å². The number of rotatable bonds is 4. The van der Waals surface area contributed by atoms with E-state index in [4.69, 9.17) is 4.74 Å². The Morgan fingerprint density at radius 3 is 2.46 bits per heavy atom. The van der Waals surface area contributed by atoms with Crippen LogP contribution in [-0.2, 0) is 14.3 Å². The number of carbonyl (C=O) groups is 2. The number of aryl methyl sites for hydroxylation is 1. The van der Waals surface area contributed by atoms with Crippen molar-refractivity contribution < 1.29 is 23.8 Å². The summed E-state index contributed by atoms with van der Waals surface area (Å²) in [4.78, 5) is 26.3. The third-order valence-electron chi connectivity index (χ3n) is 4.22. The molecule has 0 spiro atoms. The second-order valence-electron chi connectivity index (χ2n) is 5.92. The minimum absolute atomic E-state index is 0.0678. The zero-order valence-corrected chi connectivity index (χ0v) is 14.4. The molecule has 1 unspecified atom stereocenters. The number of aliphatic hydroxyl groups is 1. The van der Waals surface area contributed by atoms with Crippen molar-refractivity contribution in [1.29, 1.82) is 0 Å². The summed E-state index contributed by atoms with van der Waals surface area (Å²) in [6.45, 7) is 3.57. The van der Waals surface area contributed by atoms with E-state index in [1.165, 1.54) is 23.1 Å². The molecule has 0 bridgehead atoms. The summed E-state index contributed by atoms with van der Waals surface area (Å²) in [7, 11) is 0. The minimum Gasteiger partial charge on any atom is -0.503 e. The lowest BCUT2D eigenvalue weighted by Crippen LogP contribution is -2.31. The van der Waals surface area contributed by atoms with Crippen molar-refractivity contribution in [3.63, 3.8) is 0 Å². The van der Waals surface area contributed by atoms with Gasteiger partial charge in [0, 0.05) is 11.3 Å². The zero-order valence-electron chi connectivity index (χ0n) is 14.4. The van der Waals surface area contributed by atoms with Gasteiger partial charge in [-0.2, -0.15) is 0 Å². The number of halogens is 1. The highest BCUT2D eigenvalue weighted by Gasteiger charge is 2.46. The number of hydrogen-bond donors (Lipinski definition) is 1. The van der Waals surface area contributed by atoms with Crippen molar-refractivity contribution in [3.05, 3.63) is 76.8 Å². The number of ether oxygens (including phenoxy) is 1. The molecule has 1 aliphatic heterocycles. The molecule has 5 nitrogen and oxygen atoms in total. The van der Waals surface area contributed by atoms with Crippen molar-refractivity contribution in [2.75, 3.05) is 11.5 Å². The minimum atomic E-state index is -1.11. The first-order valence-electron chi connectivity index (χ1n) is 8.20. The fraction of sp³-hybridized carbons (Fsp3) is 0.200. The predicted molar refractivity (Wildman–Crippen MR) is 94.1 cm³/mol. The lowest BCUT2D eigenvalue weighted by molar-refractivity contribution is -0.139. The van der Waals surface area contributed by atoms with Gasteiger partial charge in [0.25, 0.3) is 5.91 Å². The van der Waals surface area contributed by atoms with Crippen molar-refractivity contribution in [2.24, 2.45) is 0 Å². The monoisotopic (exact) mass is 355 g/mol. The molecule has 1 heterocycles. The second kappa shape index (κ2) is 7.00. The average molecular weight is 355 g/mol. The Hall–Kier alpha value is -3.15. The molecular weight excluding hydrogens is 337 g/mol. The lowest BCUT2D eigenvalue weighted by Gasteiger charge is -2.27. The van der Waals surface area contributed by atoms with E-state index in [2.05, 4.69) is 0 Å². The smallest absolute Gasteiger partial charge is 0.340 e. The largest absolute Gasteiger partial charge is 0.503 e. The van der Waals surface area contributed by atoms with Crippen molar-refractivity contribution in [1.82, 2.24) is 0 Å². The number of nitrogens with zero attached hydrogens (tertiary/aromatic N) is 1. The van der Waals surface area contributed by atoms with E-state index in [0.29, 0.717) is 5.69 Å². The molecule has 0 aromatic heterocycles. The molecule has 1 atom stereocenters. The zero-order chi connectivity index (χ0) is 18.8. The van der Waals surface area contributed by atoms with Gasteiger partial charge in [0.15, 0.2) is 5.76 Å². The molecular formula is C20H18FNO4. The van der Waals surface area contributed by atoms with Gasteiger partial charge in [-0.1, -0.05) is 35.9 Å². The Morgan fingerprint density at radius 2 is 1.85 bits per heavy atom. The molecule has 0 saturated heterocycles. The van der Waals surface area contributed by atoms with Crippen LogP contribution in [0.25, 0.3) is 0 Å². The molecule has 1 N–H and O–H groups in total. The summed E-state index contributed by atoms with van der Waals surface area (Å²) in [5, 5.41) is 10.3. The van der Waals surface area contributed by atoms with Crippen molar-refractivity contribution >= 4 is 17.6 Å². The molecule has 0 radical (unpaired) electrons. The normalized spacial score (nSPS) is 17.0. The van der Waals surface area contributed by atoms with Crippen LogP contribution in [0.3, 0.4) is 0 Å². The van der Waals surface area contributed by atoms with Gasteiger partial charge in [0.05, 0.1) is 6.61 Å². The number of benzene rings is 2. The van der Waals surface area contributed by atoms with Gasteiger partial charge in [-0.15, -0.1) is 0 Å². The molecule has 3 rings (SSSR count). The SMILES string of the molecule is CCOC(=O)C1=C(O)C(=O)N(c2ccc(C)cc2)C1c1ccccc1F. The Bertz CT molecular complexity index is 889. The topological polar surface area (TPSA) is 66.8 Å². The maximum absolute atomic E-state index is 14.5. The maximum Gasteiger partial charge on any atom is 0.340 e. The van der Waals surface area contributed by atoms with Crippen LogP contribution in [0.1, 0.15) is 24.1 Å². The van der Waals surface area contributed by atoms with Crippen molar-refractivity contribution in [3.8, 4) is 0 Å². The van der Waals surface area contributed by atoms with Gasteiger partial charge < -0.3 is 9.84 Å². The first kappa shape index (κ1) is 17.7. The fourth-order valence-corrected chi connectivity index (χ4v) is 2.99. The quantitative estimate of drug-likeness (QED) is 0.851. The first-order valence-corrected chi connectivity index (χ1v) is 8.20. The van der Waals surface area contributed by atoms with Crippen LogP contribution < -0.4 is 4.90 Å². The summed E-state index contributed by atoms with van der Waals surface area (Å²) in [6, 6.07) is 11.7. The van der Waals surface area contributed by atoms with Gasteiger partial charge >= 0.3 is 5.97 Å². The number of amides is 1. The van der Waals surface area contributed by atoms with Gasteiger partial charge in [-0.25, -0.2) is 9.18 Å². The van der Waals surface area contributed by atoms with Gasteiger partial charge in [-0.05, 0) is 32.0 Å². The van der Waals surface area contributed by atoms with Crippen LogP contribution in [0.2, 0.25) is 0 Å². The van der Waals surface area contributed by atoms with Gasteiger partial charge in [-0.3, -0.25) is 9.69 Å². The number of hydrogen-bond acceptors (Lipinski definition) is 4. The van der Waals surface area contributed by atoms with Crippen LogP contribution in [0, 0.1) is 12.7 Å². The number of esters is 1. The molecule has 0 saturated carbocycles. The summed E-state index contributed by atoms with van der Waals surface area (Å²) in [5.74, 6) is -2.93. The molecule has 1 aliphatic rings. The molecule has 2 aromatic carbocycles. The Morgan fingerprint density at radius 1 is 1.19 bits per heavy atom. The molecule has 134 valence electrons. The van der Waals surface area contributed by atoms with Crippen LogP contribution >= 0.6 is 0 Å². The Balaban J connectivity index is 2.18. The highest BCUT2D eigenvalue weighted by molar-refractivity contribution is 6.15. The molecule has 6 heteroatoms. The van der Waals surface area contributed by atoms with Crippen LogP contribution in [0.15, 0.2) is 59.9 Å². The van der Waals surface area contributed by atoms with E-state index < -0.39 is 29.5 Å². The van der Waals surface area contributed by atoms with E-state index in [9.17, 15) is 19.1 Å². The van der Waals surface area contributed by atoms with E-state index in [1.54, 1.807) is 37.3 Å². The Labute approximate surface area is 150 Å². The summed E-state index contributed by atoms with van der Waals surface area (Å²) >= 11 is 0. The highest BCUT2D eigenvalue weighted by Crippen LogP contribution is 2.41. The lowest BCUT2D eigenvalue weighted by atomic mass is 9.98. The standard InChI is InChI=1S/C20H18FNO4/c1-3-26-20(25)16-17(14-6-4-5-7-15(14)21)22(19(24)18(16)23)13-10-8-12(2)9-11-13/h4-11,17,23H,3H2,1-2H3. The number of carbonyl (C=O) groups excluding carboxylic acids is 2. The van der Waals surface area contributed by atoms with E-state index >= 15 is 0 Å². The van der Waals surface area contributed by atoms with E-state index in [1.807, 2.05) is 6.92 Å². The van der Waals surface area contributed by atoms with Gasteiger partial charge in [0.2, 0.25) is 0 Å². The third kappa shape index (κ3) is 2.94. The van der Waals surface area contributed by atoms with Crippen LogP contribution in [-0.4, -0.2) is 23.6 Å². The Kier molecular flexibility index (Phi) is 4.75. The molecule has 2 aromatic rings. The number of anilines is 1. The summed E-state index contributed by atoms with van der Waals surface area (Å²) in [6.07, 6.45) is 0. The predicted octanol–water partition coefficient (Wildman–Crippen LogP) is 3.60. The van der Waals surface area contributed by atoms with E-state index in [-0.39, 0.29) is 17.7 Å². The first-order chi connectivity index (χ1) is 12.5. The molecule has 1 amide bonds. The second-order valence-corrected chi connectivity index (χ2v) is 5.92. The summed E-state index contributed by atoms with van der Waals surface area (Å²) in [5.41, 5.74) is 1.27. The van der Waals surface area contributed by atoms with Crippen LogP contribution in [0.4, 0.5) is 10.1 Å². The average Bonchev–Trinajstić information content (AvgIpc) is 2.88. The van der Waals surface area contributed by atoms with Gasteiger partial charge in [0.1, 0.15) is 17.4 Å². The third-order valence-corrected chi connectivity index (χ3v) is 4.22. The maximum atomic E-state index is 14.5. The van der Waals surface area contributed by atoms with E-state index in [0.717, 1.165) is 5.56 Å². The van der Waals surface area contributed by atoms with Crippen molar-refractivity contribution in [2.45, 2.75) is 19.9 Å². The summed E-state index contributed by atoms with van der Waals surface area (Å²) < 4.78 is 19.5. The molecule has 0 fully saturated rings. The highest BCUT2D eigenvalue weighted by atomic mass is 19.1. The fourth-order valence-electron chi connectivity index (χ4n) is 2.99. The molecule has 0 aliphatic carbocycles. The number of aliphatic hydroxyl groups excluding tert-OH is 1.